The molecular weight excluding hydrogens is 174 g/mol. The standard InChI is InChI=1S/C11H17N3/c1-11(2)4-9(11)10(12-3)8-5-13-7-14-6-8/h5-7,9-10,12H,4H2,1-3H3. The average molecular weight is 191 g/mol. The minimum Gasteiger partial charge on any atom is -0.313 e. The Labute approximate surface area is 85.0 Å². The molecule has 1 aromatic rings. The van der Waals surface area contributed by atoms with Crippen LogP contribution in [0, 0.1) is 11.3 Å². The second-order valence-corrected chi connectivity index (χ2v) is 4.74. The van der Waals surface area contributed by atoms with Crippen molar-refractivity contribution in [2.24, 2.45) is 11.3 Å². The van der Waals surface area contributed by atoms with E-state index in [-0.39, 0.29) is 0 Å². The summed E-state index contributed by atoms with van der Waals surface area (Å²) >= 11 is 0. The number of hydrogen-bond donors (Lipinski definition) is 1. The molecule has 3 heteroatoms. The first-order valence-electron chi connectivity index (χ1n) is 5.07. The lowest BCUT2D eigenvalue weighted by atomic mass is 9.99. The van der Waals surface area contributed by atoms with Gasteiger partial charge in [0.25, 0.3) is 0 Å². The summed E-state index contributed by atoms with van der Waals surface area (Å²) in [7, 11) is 2.01. The Hall–Kier alpha value is -0.960. The first-order valence-corrected chi connectivity index (χ1v) is 5.07. The van der Waals surface area contributed by atoms with Crippen LogP contribution in [0.4, 0.5) is 0 Å². The van der Waals surface area contributed by atoms with Crippen LogP contribution in [0.15, 0.2) is 18.7 Å². The first-order chi connectivity index (χ1) is 6.65. The van der Waals surface area contributed by atoms with Crippen molar-refractivity contribution in [1.29, 1.82) is 0 Å². The summed E-state index contributed by atoms with van der Waals surface area (Å²) in [6, 6.07) is 0.409. The van der Waals surface area contributed by atoms with Gasteiger partial charge >= 0.3 is 0 Å². The van der Waals surface area contributed by atoms with E-state index in [1.807, 2.05) is 19.4 Å². The van der Waals surface area contributed by atoms with E-state index in [0.29, 0.717) is 11.5 Å². The second-order valence-electron chi connectivity index (χ2n) is 4.74. The molecule has 2 unspecified atom stereocenters. The van der Waals surface area contributed by atoms with Gasteiger partial charge in [-0.3, -0.25) is 0 Å². The number of nitrogens with zero attached hydrogens (tertiary/aromatic N) is 2. The van der Waals surface area contributed by atoms with Gasteiger partial charge in [0.15, 0.2) is 0 Å². The van der Waals surface area contributed by atoms with Crippen molar-refractivity contribution in [2.75, 3.05) is 7.05 Å². The van der Waals surface area contributed by atoms with Crippen molar-refractivity contribution < 1.29 is 0 Å². The van der Waals surface area contributed by atoms with Gasteiger partial charge in [-0.1, -0.05) is 13.8 Å². The van der Waals surface area contributed by atoms with Crippen LogP contribution in [-0.4, -0.2) is 17.0 Å². The number of hydrogen-bond acceptors (Lipinski definition) is 3. The zero-order chi connectivity index (χ0) is 10.2. The van der Waals surface area contributed by atoms with Crippen LogP contribution in [0.2, 0.25) is 0 Å². The van der Waals surface area contributed by atoms with Crippen molar-refractivity contribution >= 4 is 0 Å². The third-order valence-corrected chi connectivity index (χ3v) is 3.24. The molecule has 1 N–H and O–H groups in total. The molecule has 0 aromatic carbocycles. The van der Waals surface area contributed by atoms with Gasteiger partial charge in [0, 0.05) is 24.0 Å². The average Bonchev–Trinajstić information content (AvgIpc) is 2.78. The largest absolute Gasteiger partial charge is 0.313 e. The van der Waals surface area contributed by atoms with Crippen LogP contribution in [-0.2, 0) is 0 Å². The normalized spacial score (nSPS) is 25.8. The van der Waals surface area contributed by atoms with Gasteiger partial charge in [-0.2, -0.15) is 0 Å². The topological polar surface area (TPSA) is 37.8 Å². The van der Waals surface area contributed by atoms with E-state index in [1.165, 1.54) is 12.0 Å². The number of nitrogens with one attached hydrogen (secondary N) is 1. The molecule has 14 heavy (non-hydrogen) atoms. The van der Waals surface area contributed by atoms with E-state index >= 15 is 0 Å². The van der Waals surface area contributed by atoms with Gasteiger partial charge < -0.3 is 5.32 Å². The molecule has 76 valence electrons. The summed E-state index contributed by atoms with van der Waals surface area (Å²) < 4.78 is 0. The van der Waals surface area contributed by atoms with E-state index in [4.69, 9.17) is 0 Å². The van der Waals surface area contributed by atoms with E-state index in [9.17, 15) is 0 Å². The maximum Gasteiger partial charge on any atom is 0.115 e. The highest BCUT2D eigenvalue weighted by atomic mass is 14.9. The van der Waals surface area contributed by atoms with Gasteiger partial charge in [0.1, 0.15) is 6.33 Å². The van der Waals surface area contributed by atoms with Gasteiger partial charge in [0.05, 0.1) is 0 Å². The molecule has 1 aromatic heterocycles. The summed E-state index contributed by atoms with van der Waals surface area (Å²) in [4.78, 5) is 8.12. The SMILES string of the molecule is CNC(c1cncnc1)C1CC1(C)C. The second kappa shape index (κ2) is 3.31. The molecule has 1 aliphatic rings. The van der Waals surface area contributed by atoms with Crippen LogP contribution in [0.1, 0.15) is 31.9 Å². The van der Waals surface area contributed by atoms with Crippen LogP contribution in [0.3, 0.4) is 0 Å². The van der Waals surface area contributed by atoms with E-state index in [1.54, 1.807) is 6.33 Å². The predicted molar refractivity (Wildman–Crippen MR) is 55.7 cm³/mol. The summed E-state index contributed by atoms with van der Waals surface area (Å²) in [5.41, 5.74) is 1.68. The molecule has 2 rings (SSSR count). The van der Waals surface area contributed by atoms with Crippen LogP contribution in [0.5, 0.6) is 0 Å². The molecule has 0 bridgehead atoms. The molecule has 1 aliphatic carbocycles. The molecule has 0 radical (unpaired) electrons. The molecule has 3 nitrogen and oxygen atoms in total. The minimum atomic E-state index is 0.409. The lowest BCUT2D eigenvalue weighted by Crippen LogP contribution is -2.20. The molecule has 0 spiro atoms. The summed E-state index contributed by atoms with van der Waals surface area (Å²) in [5, 5.41) is 3.36. The molecule has 2 atom stereocenters. The smallest absolute Gasteiger partial charge is 0.115 e. The molecule has 0 saturated heterocycles. The molecule has 0 amide bonds. The zero-order valence-corrected chi connectivity index (χ0v) is 8.99. The van der Waals surface area contributed by atoms with Crippen molar-refractivity contribution in [2.45, 2.75) is 26.3 Å². The fraction of sp³-hybridized carbons (Fsp3) is 0.636. The van der Waals surface area contributed by atoms with Gasteiger partial charge in [0.2, 0.25) is 0 Å². The van der Waals surface area contributed by atoms with E-state index < -0.39 is 0 Å². The maximum atomic E-state index is 4.06. The van der Waals surface area contributed by atoms with Gasteiger partial charge in [-0.25, -0.2) is 9.97 Å². The monoisotopic (exact) mass is 191 g/mol. The fourth-order valence-electron chi connectivity index (χ4n) is 2.15. The van der Waals surface area contributed by atoms with Gasteiger partial charge in [-0.15, -0.1) is 0 Å². The van der Waals surface area contributed by atoms with Crippen LogP contribution in [0.25, 0.3) is 0 Å². The van der Waals surface area contributed by atoms with Crippen LogP contribution >= 0.6 is 0 Å². The quantitative estimate of drug-likeness (QED) is 0.791. The number of aromatic nitrogens is 2. The Bertz CT molecular complexity index is 308. The minimum absolute atomic E-state index is 0.409. The molecule has 1 fully saturated rings. The summed E-state index contributed by atoms with van der Waals surface area (Å²) in [5.74, 6) is 0.721. The summed E-state index contributed by atoms with van der Waals surface area (Å²) in [6.07, 6.45) is 6.67. The molecule has 1 saturated carbocycles. The lowest BCUT2D eigenvalue weighted by molar-refractivity contribution is 0.439. The Morgan fingerprint density at radius 3 is 2.43 bits per heavy atom. The molecule has 0 aliphatic heterocycles. The highest BCUT2D eigenvalue weighted by Crippen LogP contribution is 2.57. The third-order valence-electron chi connectivity index (χ3n) is 3.24. The van der Waals surface area contributed by atoms with Gasteiger partial charge in [-0.05, 0) is 24.8 Å². The van der Waals surface area contributed by atoms with Crippen molar-refractivity contribution in [1.82, 2.24) is 15.3 Å². The van der Waals surface area contributed by atoms with Crippen LogP contribution < -0.4 is 5.32 Å². The summed E-state index contributed by atoms with van der Waals surface area (Å²) in [6.45, 7) is 4.62. The van der Waals surface area contributed by atoms with Crippen molar-refractivity contribution in [3.63, 3.8) is 0 Å². The zero-order valence-electron chi connectivity index (χ0n) is 8.99. The van der Waals surface area contributed by atoms with Crippen molar-refractivity contribution in [3.05, 3.63) is 24.3 Å². The first kappa shape index (κ1) is 9.59. The Kier molecular flexibility index (Phi) is 2.27. The van der Waals surface area contributed by atoms with E-state index in [0.717, 1.165) is 5.92 Å². The van der Waals surface area contributed by atoms with E-state index in [2.05, 4.69) is 29.1 Å². The third kappa shape index (κ3) is 1.64. The fourth-order valence-corrected chi connectivity index (χ4v) is 2.15. The highest BCUT2D eigenvalue weighted by molar-refractivity contribution is 5.16. The highest BCUT2D eigenvalue weighted by Gasteiger charge is 2.50. The Balaban J connectivity index is 2.16. The maximum absolute atomic E-state index is 4.06. The Morgan fingerprint density at radius 2 is 2.00 bits per heavy atom. The number of rotatable bonds is 3. The molecule has 1 heterocycles. The lowest BCUT2D eigenvalue weighted by Gasteiger charge is -2.17. The Morgan fingerprint density at radius 1 is 1.43 bits per heavy atom. The molecular formula is C11H17N3. The van der Waals surface area contributed by atoms with Crippen molar-refractivity contribution in [3.8, 4) is 0 Å². The predicted octanol–water partition coefficient (Wildman–Crippen LogP) is 1.78.